The third kappa shape index (κ3) is 3.96. The monoisotopic (exact) mass is 247 g/mol. The molecule has 0 amide bonds. The Morgan fingerprint density at radius 1 is 1.62 bits per heavy atom. The Bertz CT molecular complexity index is 243. The van der Waals surface area contributed by atoms with Crippen LogP contribution in [0.3, 0.4) is 0 Å². The molecular weight excluding hydrogens is 226 g/mol. The largest absolute Gasteiger partial charge is 0.480 e. The molecule has 0 aromatic rings. The number of thioether (sulfide) groups is 1. The molecule has 1 aliphatic rings. The molecule has 1 atom stereocenters. The van der Waals surface area contributed by atoms with E-state index < -0.39 is 11.5 Å². The van der Waals surface area contributed by atoms with Crippen LogP contribution in [0, 0.1) is 0 Å². The van der Waals surface area contributed by atoms with Crippen molar-refractivity contribution in [2.45, 2.75) is 44.0 Å². The minimum absolute atomic E-state index is 0.179. The van der Waals surface area contributed by atoms with Crippen LogP contribution in [-0.2, 0) is 9.53 Å². The predicted molar refractivity (Wildman–Crippen MR) is 66.0 cm³/mol. The lowest BCUT2D eigenvalue weighted by Crippen LogP contribution is -2.52. The molecule has 0 radical (unpaired) electrons. The molecule has 1 heterocycles. The van der Waals surface area contributed by atoms with E-state index in [2.05, 4.69) is 5.32 Å². The standard InChI is InChI=1S/C11H21NO3S/c1-8(2)12-11(3,10(13)14)4-5-16-9-6-15-7-9/h8-9,12H,4-7H2,1-3H3,(H,13,14). The molecule has 16 heavy (non-hydrogen) atoms. The van der Waals surface area contributed by atoms with Crippen LogP contribution in [0.15, 0.2) is 0 Å². The third-order valence-electron chi connectivity index (χ3n) is 2.64. The Morgan fingerprint density at radius 3 is 2.62 bits per heavy atom. The lowest BCUT2D eigenvalue weighted by Gasteiger charge is -2.30. The summed E-state index contributed by atoms with van der Waals surface area (Å²) in [7, 11) is 0. The average Bonchev–Trinajstić information content (AvgIpc) is 2.08. The first-order chi connectivity index (χ1) is 7.44. The fraction of sp³-hybridized carbons (Fsp3) is 0.909. The van der Waals surface area contributed by atoms with Gasteiger partial charge >= 0.3 is 5.97 Å². The lowest BCUT2D eigenvalue weighted by molar-refractivity contribution is -0.144. The number of nitrogens with one attached hydrogen (secondary N) is 1. The van der Waals surface area contributed by atoms with Crippen molar-refractivity contribution in [2.75, 3.05) is 19.0 Å². The maximum atomic E-state index is 11.2. The van der Waals surface area contributed by atoms with Crippen molar-refractivity contribution >= 4 is 17.7 Å². The number of hydrogen-bond donors (Lipinski definition) is 2. The zero-order chi connectivity index (χ0) is 12.2. The predicted octanol–water partition coefficient (Wildman–Crippen LogP) is 1.35. The molecule has 1 saturated heterocycles. The second-order valence-corrected chi connectivity index (χ2v) is 6.12. The lowest BCUT2D eigenvalue weighted by atomic mass is 9.98. The van der Waals surface area contributed by atoms with E-state index in [-0.39, 0.29) is 6.04 Å². The quantitative estimate of drug-likeness (QED) is 0.711. The highest BCUT2D eigenvalue weighted by Crippen LogP contribution is 2.23. The molecule has 94 valence electrons. The van der Waals surface area contributed by atoms with Crippen molar-refractivity contribution in [3.05, 3.63) is 0 Å². The van der Waals surface area contributed by atoms with Gasteiger partial charge in [0.05, 0.1) is 18.5 Å². The van der Waals surface area contributed by atoms with Gasteiger partial charge in [-0.3, -0.25) is 10.1 Å². The van der Waals surface area contributed by atoms with Crippen molar-refractivity contribution < 1.29 is 14.6 Å². The van der Waals surface area contributed by atoms with Gasteiger partial charge in [-0.1, -0.05) is 0 Å². The second-order valence-electron chi connectivity index (χ2n) is 4.72. The van der Waals surface area contributed by atoms with Crippen molar-refractivity contribution in [1.29, 1.82) is 0 Å². The summed E-state index contributed by atoms with van der Waals surface area (Å²) >= 11 is 1.81. The van der Waals surface area contributed by atoms with Crippen LogP contribution < -0.4 is 5.32 Å². The fourth-order valence-corrected chi connectivity index (χ4v) is 2.86. The molecule has 1 aliphatic heterocycles. The van der Waals surface area contributed by atoms with E-state index in [9.17, 15) is 9.90 Å². The van der Waals surface area contributed by atoms with Crippen LogP contribution in [-0.4, -0.2) is 46.9 Å². The summed E-state index contributed by atoms with van der Waals surface area (Å²) in [6.07, 6.45) is 0.641. The SMILES string of the molecule is CC(C)NC(C)(CCSC1COC1)C(=O)O. The number of aliphatic carboxylic acids is 1. The number of hydrogen-bond acceptors (Lipinski definition) is 4. The van der Waals surface area contributed by atoms with E-state index in [0.29, 0.717) is 11.7 Å². The highest BCUT2D eigenvalue weighted by molar-refractivity contribution is 8.00. The van der Waals surface area contributed by atoms with E-state index in [1.54, 1.807) is 18.7 Å². The number of carbonyl (C=O) groups is 1. The molecule has 0 spiro atoms. The first kappa shape index (κ1) is 13.8. The molecule has 1 fully saturated rings. The molecule has 0 bridgehead atoms. The van der Waals surface area contributed by atoms with Crippen LogP contribution >= 0.6 is 11.8 Å². The second kappa shape index (κ2) is 5.89. The van der Waals surface area contributed by atoms with Crippen molar-refractivity contribution in [2.24, 2.45) is 0 Å². The van der Waals surface area contributed by atoms with Crippen LogP contribution in [0.1, 0.15) is 27.2 Å². The van der Waals surface area contributed by atoms with Gasteiger partial charge in [0, 0.05) is 6.04 Å². The Morgan fingerprint density at radius 2 is 2.25 bits per heavy atom. The number of carboxylic acid groups (broad SMARTS) is 1. The Labute approximate surface area is 101 Å². The van der Waals surface area contributed by atoms with Gasteiger partial charge in [-0.2, -0.15) is 11.8 Å². The van der Waals surface area contributed by atoms with E-state index in [1.807, 2.05) is 13.8 Å². The van der Waals surface area contributed by atoms with Crippen LogP contribution in [0.5, 0.6) is 0 Å². The molecular formula is C11H21NO3S. The number of rotatable bonds is 7. The highest BCUT2D eigenvalue weighted by atomic mass is 32.2. The van der Waals surface area contributed by atoms with Gasteiger partial charge in [0.15, 0.2) is 0 Å². The third-order valence-corrected chi connectivity index (χ3v) is 3.83. The van der Waals surface area contributed by atoms with Gasteiger partial charge in [0.25, 0.3) is 0 Å². The Hall–Kier alpha value is -0.260. The first-order valence-electron chi connectivity index (χ1n) is 5.64. The summed E-state index contributed by atoms with van der Waals surface area (Å²) in [5.74, 6) is 0.0861. The van der Waals surface area contributed by atoms with Crippen LogP contribution in [0.2, 0.25) is 0 Å². The van der Waals surface area contributed by atoms with Gasteiger partial charge in [0.1, 0.15) is 5.54 Å². The number of carboxylic acids is 1. The number of ether oxygens (including phenoxy) is 1. The van der Waals surface area contributed by atoms with Gasteiger partial charge in [-0.15, -0.1) is 0 Å². The summed E-state index contributed by atoms with van der Waals surface area (Å²) in [5.41, 5.74) is -0.814. The molecule has 5 heteroatoms. The highest BCUT2D eigenvalue weighted by Gasteiger charge is 2.33. The van der Waals surface area contributed by atoms with Crippen LogP contribution in [0.4, 0.5) is 0 Å². The van der Waals surface area contributed by atoms with E-state index >= 15 is 0 Å². The molecule has 0 aliphatic carbocycles. The molecule has 2 N–H and O–H groups in total. The molecule has 0 saturated carbocycles. The van der Waals surface area contributed by atoms with E-state index in [4.69, 9.17) is 4.74 Å². The zero-order valence-electron chi connectivity index (χ0n) is 10.2. The fourth-order valence-electron chi connectivity index (χ4n) is 1.62. The Balaban J connectivity index is 2.33. The smallest absolute Gasteiger partial charge is 0.323 e. The van der Waals surface area contributed by atoms with Gasteiger partial charge in [-0.05, 0) is 32.9 Å². The first-order valence-corrected chi connectivity index (χ1v) is 6.69. The zero-order valence-corrected chi connectivity index (χ0v) is 11.0. The maximum Gasteiger partial charge on any atom is 0.323 e. The molecule has 0 aromatic heterocycles. The van der Waals surface area contributed by atoms with Crippen molar-refractivity contribution in [1.82, 2.24) is 5.32 Å². The molecule has 4 nitrogen and oxygen atoms in total. The van der Waals surface area contributed by atoms with Crippen molar-refractivity contribution in [3.8, 4) is 0 Å². The summed E-state index contributed by atoms with van der Waals surface area (Å²) in [6.45, 7) is 7.31. The Kier molecular flexibility index (Phi) is 5.08. The van der Waals surface area contributed by atoms with Gasteiger partial charge < -0.3 is 9.84 Å². The normalized spacial score (nSPS) is 20.5. The minimum Gasteiger partial charge on any atom is -0.480 e. The minimum atomic E-state index is -0.814. The average molecular weight is 247 g/mol. The summed E-state index contributed by atoms with van der Waals surface area (Å²) in [5, 5.41) is 12.9. The topological polar surface area (TPSA) is 58.6 Å². The molecule has 0 aromatic carbocycles. The summed E-state index contributed by atoms with van der Waals surface area (Å²) in [6, 6.07) is 0.179. The molecule has 1 unspecified atom stereocenters. The summed E-state index contributed by atoms with van der Waals surface area (Å²) < 4.78 is 5.08. The summed E-state index contributed by atoms with van der Waals surface area (Å²) in [4.78, 5) is 11.2. The van der Waals surface area contributed by atoms with Crippen LogP contribution in [0.25, 0.3) is 0 Å². The van der Waals surface area contributed by atoms with Gasteiger partial charge in [0.2, 0.25) is 0 Å². The molecule has 1 rings (SSSR count). The van der Waals surface area contributed by atoms with Gasteiger partial charge in [-0.25, -0.2) is 0 Å². The van der Waals surface area contributed by atoms with Crippen molar-refractivity contribution in [3.63, 3.8) is 0 Å². The van der Waals surface area contributed by atoms with E-state index in [0.717, 1.165) is 19.0 Å². The van der Waals surface area contributed by atoms with E-state index in [1.165, 1.54) is 0 Å². The maximum absolute atomic E-state index is 11.2.